The third kappa shape index (κ3) is 4.04. The molecule has 0 fully saturated rings. The lowest BCUT2D eigenvalue weighted by atomic mass is 10.1. The summed E-state index contributed by atoms with van der Waals surface area (Å²) in [5.74, 6) is 0.339. The molecule has 1 atom stereocenters. The molecule has 2 aromatic rings. The minimum Gasteiger partial charge on any atom is -0.312 e. The minimum atomic E-state index is -0.232. The van der Waals surface area contributed by atoms with Crippen molar-refractivity contribution in [2.75, 3.05) is 12.8 Å². The summed E-state index contributed by atoms with van der Waals surface area (Å²) in [6, 6.07) is 13.0. The molecule has 0 amide bonds. The van der Waals surface area contributed by atoms with E-state index in [1.54, 1.807) is 36.0 Å². The molecule has 2 rings (SSSR count). The Morgan fingerprint density at radius 1 is 0.947 bits per heavy atom. The van der Waals surface area contributed by atoms with Crippen LogP contribution in [0.15, 0.2) is 53.4 Å². The second-order valence-corrected chi connectivity index (χ2v) is 5.25. The molecule has 0 aliphatic rings. The Labute approximate surface area is 116 Å². The molecule has 1 nitrogen and oxygen atoms in total. The van der Waals surface area contributed by atoms with Crippen molar-refractivity contribution in [2.45, 2.75) is 10.9 Å². The predicted octanol–water partition coefficient (Wildman–Crippen LogP) is 4.02. The minimum absolute atomic E-state index is 0.135. The molecule has 0 saturated carbocycles. The lowest BCUT2D eigenvalue weighted by Gasteiger charge is -2.16. The monoisotopic (exact) mass is 279 g/mol. The van der Waals surface area contributed by atoms with Gasteiger partial charge in [-0.15, -0.1) is 11.8 Å². The molecule has 100 valence electrons. The maximum Gasteiger partial charge on any atom is 0.123 e. The van der Waals surface area contributed by atoms with Crippen LogP contribution in [0.25, 0.3) is 0 Å². The molecule has 0 spiro atoms. The maximum absolute atomic E-state index is 12.9. The lowest BCUT2D eigenvalue weighted by Crippen LogP contribution is -2.18. The standard InChI is InChI=1S/C15H15F2NS/c1-18-15(11-2-4-12(16)5-3-11)10-19-14-8-6-13(17)7-9-14/h2-9,15,18H,10H2,1H3. The van der Waals surface area contributed by atoms with Crippen LogP contribution in [-0.2, 0) is 0 Å². The van der Waals surface area contributed by atoms with Crippen LogP contribution in [0.4, 0.5) is 8.78 Å². The fourth-order valence-corrected chi connectivity index (χ4v) is 2.80. The topological polar surface area (TPSA) is 12.0 Å². The second-order valence-electron chi connectivity index (χ2n) is 4.16. The molecule has 2 aromatic carbocycles. The van der Waals surface area contributed by atoms with Crippen molar-refractivity contribution in [3.8, 4) is 0 Å². The van der Waals surface area contributed by atoms with Gasteiger partial charge in [-0.2, -0.15) is 0 Å². The number of benzene rings is 2. The first-order chi connectivity index (χ1) is 9.19. The van der Waals surface area contributed by atoms with E-state index in [1.807, 2.05) is 7.05 Å². The summed E-state index contributed by atoms with van der Waals surface area (Å²) in [6.45, 7) is 0. The summed E-state index contributed by atoms with van der Waals surface area (Å²) in [5.41, 5.74) is 1.04. The first-order valence-electron chi connectivity index (χ1n) is 6.00. The second kappa shape index (κ2) is 6.68. The molecule has 1 unspecified atom stereocenters. The van der Waals surface area contributed by atoms with Crippen molar-refractivity contribution in [1.82, 2.24) is 5.32 Å². The third-order valence-electron chi connectivity index (χ3n) is 2.85. The molecule has 0 heterocycles. The van der Waals surface area contributed by atoms with Gasteiger partial charge in [0.15, 0.2) is 0 Å². The average Bonchev–Trinajstić information content (AvgIpc) is 2.43. The highest BCUT2D eigenvalue weighted by atomic mass is 32.2. The van der Waals surface area contributed by atoms with Gasteiger partial charge in [-0.05, 0) is 49.0 Å². The van der Waals surface area contributed by atoms with Gasteiger partial charge in [-0.25, -0.2) is 8.78 Å². The van der Waals surface area contributed by atoms with Crippen LogP contribution in [0.1, 0.15) is 11.6 Å². The Morgan fingerprint density at radius 3 is 2.00 bits per heavy atom. The van der Waals surface area contributed by atoms with Crippen LogP contribution in [0, 0.1) is 11.6 Å². The number of hydrogen-bond donors (Lipinski definition) is 1. The van der Waals surface area contributed by atoms with Crippen LogP contribution >= 0.6 is 11.8 Å². The Morgan fingerprint density at radius 2 is 1.47 bits per heavy atom. The summed E-state index contributed by atoms with van der Waals surface area (Å²) in [6.07, 6.45) is 0. The fraction of sp³-hybridized carbons (Fsp3) is 0.200. The van der Waals surface area contributed by atoms with Crippen LogP contribution in [-0.4, -0.2) is 12.8 Å². The van der Waals surface area contributed by atoms with E-state index in [-0.39, 0.29) is 17.7 Å². The van der Waals surface area contributed by atoms with Gasteiger partial charge in [0.2, 0.25) is 0 Å². The van der Waals surface area contributed by atoms with Gasteiger partial charge in [0, 0.05) is 16.7 Å². The summed E-state index contributed by atoms with van der Waals surface area (Å²) in [4.78, 5) is 1.02. The van der Waals surface area contributed by atoms with Crippen molar-refractivity contribution < 1.29 is 8.78 Å². The van der Waals surface area contributed by atoms with E-state index in [2.05, 4.69) is 5.32 Å². The largest absolute Gasteiger partial charge is 0.312 e. The number of nitrogens with one attached hydrogen (secondary N) is 1. The highest BCUT2D eigenvalue weighted by Gasteiger charge is 2.09. The molecule has 0 aliphatic heterocycles. The summed E-state index contributed by atoms with van der Waals surface area (Å²) >= 11 is 1.64. The summed E-state index contributed by atoms with van der Waals surface area (Å²) in [5, 5.41) is 3.20. The molecule has 0 bridgehead atoms. The molecule has 0 aliphatic carbocycles. The maximum atomic E-state index is 12.9. The molecule has 0 aromatic heterocycles. The van der Waals surface area contributed by atoms with E-state index in [0.29, 0.717) is 0 Å². The van der Waals surface area contributed by atoms with Crippen molar-refractivity contribution in [1.29, 1.82) is 0 Å². The van der Waals surface area contributed by atoms with Gasteiger partial charge in [0.05, 0.1) is 0 Å². The molecule has 0 radical (unpaired) electrons. The normalized spacial score (nSPS) is 12.4. The highest BCUT2D eigenvalue weighted by molar-refractivity contribution is 7.99. The molecule has 1 N–H and O–H groups in total. The Balaban J connectivity index is 1.99. The number of rotatable bonds is 5. The smallest absolute Gasteiger partial charge is 0.123 e. The van der Waals surface area contributed by atoms with Crippen molar-refractivity contribution in [3.63, 3.8) is 0 Å². The van der Waals surface area contributed by atoms with E-state index in [0.717, 1.165) is 16.2 Å². The van der Waals surface area contributed by atoms with Crippen LogP contribution < -0.4 is 5.32 Å². The van der Waals surface area contributed by atoms with Gasteiger partial charge < -0.3 is 5.32 Å². The first kappa shape index (κ1) is 14.0. The van der Waals surface area contributed by atoms with Crippen LogP contribution in [0.3, 0.4) is 0 Å². The molecular weight excluding hydrogens is 264 g/mol. The zero-order valence-electron chi connectivity index (χ0n) is 10.6. The molecule has 0 saturated heterocycles. The zero-order chi connectivity index (χ0) is 13.7. The highest BCUT2D eigenvalue weighted by Crippen LogP contribution is 2.24. The first-order valence-corrected chi connectivity index (χ1v) is 6.98. The van der Waals surface area contributed by atoms with E-state index in [9.17, 15) is 8.78 Å². The third-order valence-corrected chi connectivity index (χ3v) is 3.96. The molecular formula is C15H15F2NS. The number of thioether (sulfide) groups is 1. The average molecular weight is 279 g/mol. The Hall–Kier alpha value is -1.39. The van der Waals surface area contributed by atoms with Gasteiger partial charge in [0.1, 0.15) is 11.6 Å². The van der Waals surface area contributed by atoms with Crippen LogP contribution in [0.2, 0.25) is 0 Å². The van der Waals surface area contributed by atoms with Crippen molar-refractivity contribution in [2.24, 2.45) is 0 Å². The summed E-state index contributed by atoms with van der Waals surface area (Å²) in [7, 11) is 1.87. The number of halogens is 2. The summed E-state index contributed by atoms with van der Waals surface area (Å²) < 4.78 is 25.7. The van der Waals surface area contributed by atoms with E-state index in [4.69, 9.17) is 0 Å². The quantitative estimate of drug-likeness (QED) is 0.830. The van der Waals surface area contributed by atoms with Gasteiger partial charge >= 0.3 is 0 Å². The molecule has 19 heavy (non-hydrogen) atoms. The predicted molar refractivity (Wildman–Crippen MR) is 75.3 cm³/mol. The van der Waals surface area contributed by atoms with E-state index < -0.39 is 0 Å². The Bertz CT molecular complexity index is 511. The molecule has 4 heteroatoms. The van der Waals surface area contributed by atoms with E-state index in [1.165, 1.54) is 24.3 Å². The van der Waals surface area contributed by atoms with Gasteiger partial charge in [0.25, 0.3) is 0 Å². The lowest BCUT2D eigenvalue weighted by molar-refractivity contribution is 0.620. The van der Waals surface area contributed by atoms with Crippen molar-refractivity contribution in [3.05, 3.63) is 65.7 Å². The fourth-order valence-electron chi connectivity index (χ4n) is 1.75. The SMILES string of the molecule is CNC(CSc1ccc(F)cc1)c1ccc(F)cc1. The van der Waals surface area contributed by atoms with Crippen molar-refractivity contribution >= 4 is 11.8 Å². The Kier molecular flexibility index (Phi) is 4.93. The van der Waals surface area contributed by atoms with E-state index >= 15 is 0 Å². The number of hydrogen-bond acceptors (Lipinski definition) is 2. The zero-order valence-corrected chi connectivity index (χ0v) is 11.4. The van der Waals surface area contributed by atoms with Crippen LogP contribution in [0.5, 0.6) is 0 Å². The van der Waals surface area contributed by atoms with Gasteiger partial charge in [-0.1, -0.05) is 12.1 Å². The van der Waals surface area contributed by atoms with Gasteiger partial charge in [-0.3, -0.25) is 0 Å².